The number of aliphatic hydroxyl groups excluding tert-OH is 1. The molecule has 1 atom stereocenters. The number of aliphatic hydroxyl groups is 1. The van der Waals surface area contributed by atoms with Crippen LogP contribution in [0.25, 0.3) is 11.0 Å². The molecule has 3 heterocycles. The molecule has 0 bridgehead atoms. The molecule has 0 radical (unpaired) electrons. The van der Waals surface area contributed by atoms with Gasteiger partial charge in [-0.1, -0.05) is 13.8 Å². The van der Waals surface area contributed by atoms with Crippen molar-refractivity contribution in [3.63, 3.8) is 0 Å². The number of aromatic nitrogens is 4. The first kappa shape index (κ1) is 17.0. The molecule has 0 fully saturated rings. The number of nitrogens with zero attached hydrogens (tertiary/aromatic N) is 5. The van der Waals surface area contributed by atoms with Crippen molar-refractivity contribution in [2.45, 2.75) is 46.9 Å². The summed E-state index contributed by atoms with van der Waals surface area (Å²) in [4.78, 5) is 16.4. The lowest BCUT2D eigenvalue weighted by atomic mass is 10.00. The van der Waals surface area contributed by atoms with Crippen LogP contribution in [-0.2, 0) is 13.2 Å². The highest BCUT2D eigenvalue weighted by Crippen LogP contribution is 2.36. The lowest BCUT2D eigenvalue weighted by Gasteiger charge is -2.38. The molecule has 0 spiro atoms. The smallest absolute Gasteiger partial charge is 0.226 e. The summed E-state index contributed by atoms with van der Waals surface area (Å²) in [6.45, 7) is 10.2. The van der Waals surface area contributed by atoms with Gasteiger partial charge >= 0.3 is 0 Å². The molecule has 136 valence electrons. The van der Waals surface area contributed by atoms with Gasteiger partial charge in [-0.25, -0.2) is 15.0 Å². The molecule has 6 heteroatoms. The van der Waals surface area contributed by atoms with Crippen molar-refractivity contribution in [3.05, 3.63) is 47.0 Å². The average Bonchev–Trinajstić information content (AvgIpc) is 2.97. The Kier molecular flexibility index (Phi) is 4.15. The van der Waals surface area contributed by atoms with E-state index in [1.807, 2.05) is 32.2 Å². The van der Waals surface area contributed by atoms with Crippen molar-refractivity contribution in [1.82, 2.24) is 19.5 Å². The van der Waals surface area contributed by atoms with Crippen LogP contribution in [0.5, 0.6) is 0 Å². The van der Waals surface area contributed by atoms with Gasteiger partial charge in [0, 0.05) is 25.0 Å². The van der Waals surface area contributed by atoms with E-state index in [2.05, 4.69) is 39.3 Å². The Morgan fingerprint density at radius 2 is 2.00 bits per heavy atom. The number of imidazole rings is 1. The molecule has 1 aliphatic rings. The lowest BCUT2D eigenvalue weighted by molar-refractivity contribution is 0.281. The largest absolute Gasteiger partial charge is 0.392 e. The van der Waals surface area contributed by atoms with Crippen LogP contribution in [0.4, 0.5) is 5.95 Å². The summed E-state index contributed by atoms with van der Waals surface area (Å²) in [6, 6.07) is 6.21. The zero-order valence-corrected chi connectivity index (χ0v) is 15.8. The zero-order chi connectivity index (χ0) is 18.4. The van der Waals surface area contributed by atoms with Gasteiger partial charge in [0.1, 0.15) is 5.82 Å². The minimum atomic E-state index is 0.0425. The van der Waals surface area contributed by atoms with Crippen molar-refractivity contribution in [1.29, 1.82) is 0 Å². The third kappa shape index (κ3) is 2.65. The topological polar surface area (TPSA) is 67.1 Å². The van der Waals surface area contributed by atoms with E-state index in [-0.39, 0.29) is 12.6 Å². The highest BCUT2D eigenvalue weighted by Gasteiger charge is 2.34. The maximum absolute atomic E-state index is 9.58. The first-order chi connectivity index (χ1) is 12.5. The molecule has 1 unspecified atom stereocenters. The molecular weight excluding hydrogens is 326 g/mol. The van der Waals surface area contributed by atoms with Gasteiger partial charge in [-0.2, -0.15) is 0 Å². The SMILES string of the molecule is Cc1ccnc(N2CCn3c(nc4cc(CO)c(C)cc43)C2C(C)C)n1. The number of aryl methyl sites for hydroxylation is 2. The van der Waals surface area contributed by atoms with E-state index in [0.717, 1.165) is 52.7 Å². The standard InChI is InChI=1S/C20H25N5O/c1-12(2)18-19-23-16-10-15(11-26)13(3)9-17(16)24(19)7-8-25(18)20-21-6-5-14(4)22-20/h5-6,9-10,12,18,26H,7-8,11H2,1-4H3. The molecule has 1 aromatic carbocycles. The molecule has 0 saturated heterocycles. The Hall–Kier alpha value is -2.47. The number of hydrogen-bond acceptors (Lipinski definition) is 5. The van der Waals surface area contributed by atoms with Crippen LogP contribution < -0.4 is 4.90 Å². The first-order valence-corrected chi connectivity index (χ1v) is 9.16. The predicted octanol–water partition coefficient (Wildman–Crippen LogP) is 3.15. The zero-order valence-electron chi connectivity index (χ0n) is 15.8. The van der Waals surface area contributed by atoms with Crippen molar-refractivity contribution in [2.75, 3.05) is 11.4 Å². The summed E-state index contributed by atoms with van der Waals surface area (Å²) < 4.78 is 2.32. The van der Waals surface area contributed by atoms with E-state index in [1.54, 1.807) is 0 Å². The summed E-state index contributed by atoms with van der Waals surface area (Å²) in [7, 11) is 0. The average molecular weight is 351 g/mol. The fraction of sp³-hybridized carbons (Fsp3) is 0.450. The molecule has 4 rings (SSSR count). The van der Waals surface area contributed by atoms with Gasteiger partial charge in [0.25, 0.3) is 0 Å². The summed E-state index contributed by atoms with van der Waals surface area (Å²) in [5, 5.41) is 9.58. The van der Waals surface area contributed by atoms with E-state index in [1.165, 1.54) is 0 Å². The second-order valence-electron chi connectivity index (χ2n) is 7.43. The fourth-order valence-corrected chi connectivity index (χ4v) is 3.91. The van der Waals surface area contributed by atoms with Gasteiger partial charge in [-0.05, 0) is 49.1 Å². The first-order valence-electron chi connectivity index (χ1n) is 9.16. The summed E-state index contributed by atoms with van der Waals surface area (Å²) in [6.07, 6.45) is 1.82. The van der Waals surface area contributed by atoms with Crippen molar-refractivity contribution in [2.24, 2.45) is 5.92 Å². The second-order valence-corrected chi connectivity index (χ2v) is 7.43. The normalized spacial score (nSPS) is 17.2. The van der Waals surface area contributed by atoms with E-state index in [0.29, 0.717) is 5.92 Å². The molecule has 0 amide bonds. The number of anilines is 1. The van der Waals surface area contributed by atoms with Gasteiger partial charge in [0.05, 0.1) is 23.7 Å². The van der Waals surface area contributed by atoms with Crippen molar-refractivity contribution in [3.8, 4) is 0 Å². The molecule has 3 aromatic rings. The Bertz CT molecular complexity index is 962. The van der Waals surface area contributed by atoms with Crippen molar-refractivity contribution >= 4 is 17.0 Å². The third-order valence-corrected chi connectivity index (χ3v) is 5.24. The molecule has 0 aliphatic carbocycles. The van der Waals surface area contributed by atoms with Gasteiger partial charge in [0.15, 0.2) is 0 Å². The second kappa shape index (κ2) is 6.36. The molecule has 6 nitrogen and oxygen atoms in total. The molecule has 0 saturated carbocycles. The van der Waals surface area contributed by atoms with E-state index in [9.17, 15) is 5.11 Å². The third-order valence-electron chi connectivity index (χ3n) is 5.24. The highest BCUT2D eigenvalue weighted by atomic mass is 16.3. The van der Waals surface area contributed by atoms with Gasteiger partial charge < -0.3 is 14.6 Å². The minimum absolute atomic E-state index is 0.0425. The summed E-state index contributed by atoms with van der Waals surface area (Å²) in [5.41, 5.74) is 5.11. The van der Waals surface area contributed by atoms with E-state index in [4.69, 9.17) is 4.98 Å². The Balaban J connectivity index is 1.86. The van der Waals surface area contributed by atoms with Crippen LogP contribution in [0.15, 0.2) is 24.4 Å². The van der Waals surface area contributed by atoms with Crippen LogP contribution in [0, 0.1) is 19.8 Å². The minimum Gasteiger partial charge on any atom is -0.392 e. The Labute approximate surface area is 153 Å². The van der Waals surface area contributed by atoms with Crippen LogP contribution in [-0.4, -0.2) is 31.2 Å². The fourth-order valence-electron chi connectivity index (χ4n) is 3.91. The number of benzene rings is 1. The lowest BCUT2D eigenvalue weighted by Crippen LogP contribution is -2.41. The number of rotatable bonds is 3. The maximum Gasteiger partial charge on any atom is 0.226 e. The number of hydrogen-bond donors (Lipinski definition) is 1. The molecule has 1 N–H and O–H groups in total. The van der Waals surface area contributed by atoms with Crippen LogP contribution in [0.1, 0.15) is 42.5 Å². The number of fused-ring (bicyclic) bond motifs is 3. The van der Waals surface area contributed by atoms with Gasteiger partial charge in [-0.15, -0.1) is 0 Å². The molecule has 26 heavy (non-hydrogen) atoms. The predicted molar refractivity (Wildman–Crippen MR) is 102 cm³/mol. The highest BCUT2D eigenvalue weighted by molar-refractivity contribution is 5.78. The van der Waals surface area contributed by atoms with Crippen LogP contribution >= 0.6 is 0 Å². The van der Waals surface area contributed by atoms with Gasteiger partial charge in [-0.3, -0.25) is 0 Å². The summed E-state index contributed by atoms with van der Waals surface area (Å²) in [5.74, 6) is 2.20. The monoisotopic (exact) mass is 351 g/mol. The van der Waals surface area contributed by atoms with Gasteiger partial charge in [0.2, 0.25) is 5.95 Å². The van der Waals surface area contributed by atoms with Crippen molar-refractivity contribution < 1.29 is 5.11 Å². The molecule has 1 aliphatic heterocycles. The van der Waals surface area contributed by atoms with Crippen LogP contribution in [0.2, 0.25) is 0 Å². The molecule has 2 aromatic heterocycles. The van der Waals surface area contributed by atoms with E-state index < -0.39 is 0 Å². The van der Waals surface area contributed by atoms with Crippen LogP contribution in [0.3, 0.4) is 0 Å². The summed E-state index contributed by atoms with van der Waals surface area (Å²) >= 11 is 0. The Morgan fingerprint density at radius 3 is 2.69 bits per heavy atom. The Morgan fingerprint density at radius 1 is 1.19 bits per heavy atom. The maximum atomic E-state index is 9.58. The molecular formula is C20H25N5O. The quantitative estimate of drug-likeness (QED) is 0.785. The van der Waals surface area contributed by atoms with E-state index >= 15 is 0 Å².